The van der Waals surface area contributed by atoms with Gasteiger partial charge in [-0.25, -0.2) is 8.78 Å². The van der Waals surface area contributed by atoms with Crippen molar-refractivity contribution in [2.75, 3.05) is 0 Å². The van der Waals surface area contributed by atoms with Crippen LogP contribution in [0, 0.1) is 5.92 Å². The summed E-state index contributed by atoms with van der Waals surface area (Å²) in [5, 5.41) is 0. The fourth-order valence-electron chi connectivity index (χ4n) is 0.831. The summed E-state index contributed by atoms with van der Waals surface area (Å²) in [6.45, 7) is 1.76. The summed E-state index contributed by atoms with van der Waals surface area (Å²) in [6.07, 6.45) is 0.0417. The van der Waals surface area contributed by atoms with Gasteiger partial charge in [-0.3, -0.25) is 0 Å². The number of alkyl halides is 2. The Labute approximate surface area is 41.5 Å². The van der Waals surface area contributed by atoms with Crippen molar-refractivity contribution in [3.05, 3.63) is 5.92 Å². The lowest BCUT2D eigenvalue weighted by Crippen LogP contribution is -2.31. The largest absolute Gasteiger partial charge is 0.249 e. The van der Waals surface area contributed by atoms with Gasteiger partial charge in [0.05, 0.1) is 0 Å². The van der Waals surface area contributed by atoms with Crippen molar-refractivity contribution in [3.8, 4) is 0 Å². The molecule has 0 N–H and O–H groups in total. The summed E-state index contributed by atoms with van der Waals surface area (Å²) >= 11 is 0. The average molecular weight is 105 g/mol. The minimum Gasteiger partial charge on any atom is -0.207 e. The van der Waals surface area contributed by atoms with Crippen LogP contribution in [0.1, 0.15) is 19.8 Å². The molecule has 1 fully saturated rings. The molecular formula is C5H7F2. The highest BCUT2D eigenvalue weighted by molar-refractivity contribution is 5.04. The monoisotopic (exact) mass is 105 g/mol. The van der Waals surface area contributed by atoms with Crippen LogP contribution in [0.4, 0.5) is 8.78 Å². The van der Waals surface area contributed by atoms with Gasteiger partial charge < -0.3 is 0 Å². The summed E-state index contributed by atoms with van der Waals surface area (Å²) in [4.78, 5) is 0. The Morgan fingerprint density at radius 3 is 1.86 bits per heavy atom. The molecule has 7 heavy (non-hydrogen) atoms. The van der Waals surface area contributed by atoms with Crippen LogP contribution in [0.2, 0.25) is 0 Å². The third kappa shape index (κ3) is 0.898. The normalized spacial score (nSPS) is 29.6. The van der Waals surface area contributed by atoms with E-state index in [0.29, 0.717) is 0 Å². The van der Waals surface area contributed by atoms with Gasteiger partial charge in [-0.05, 0) is 5.92 Å². The zero-order valence-corrected chi connectivity index (χ0v) is 4.17. The van der Waals surface area contributed by atoms with Gasteiger partial charge in [0.25, 0.3) is 0 Å². The van der Waals surface area contributed by atoms with Gasteiger partial charge in [0.15, 0.2) is 0 Å². The number of hydrogen-bond acceptors (Lipinski definition) is 0. The molecule has 0 saturated heterocycles. The fourth-order valence-corrected chi connectivity index (χ4v) is 0.831. The first-order chi connectivity index (χ1) is 3.10. The molecule has 0 aliphatic heterocycles. The SMILES string of the molecule is C[C]1CC(F)(F)C1. The predicted octanol–water partition coefficient (Wildman–Crippen LogP) is 2.01. The van der Waals surface area contributed by atoms with Crippen LogP contribution in [0.3, 0.4) is 0 Å². The van der Waals surface area contributed by atoms with Gasteiger partial charge in [0.2, 0.25) is 5.92 Å². The molecule has 0 amide bonds. The maximum Gasteiger partial charge on any atom is 0.249 e. The van der Waals surface area contributed by atoms with Crippen LogP contribution in [0.15, 0.2) is 0 Å². The Balaban J connectivity index is 2.29. The molecule has 1 aliphatic rings. The van der Waals surface area contributed by atoms with Crippen LogP contribution < -0.4 is 0 Å². The smallest absolute Gasteiger partial charge is 0.207 e. The predicted molar refractivity (Wildman–Crippen MR) is 23.1 cm³/mol. The molecule has 0 aromatic carbocycles. The van der Waals surface area contributed by atoms with Crippen LogP contribution in [-0.2, 0) is 0 Å². The van der Waals surface area contributed by atoms with Crippen LogP contribution >= 0.6 is 0 Å². The summed E-state index contributed by atoms with van der Waals surface area (Å²) in [5.74, 6) is -1.42. The minimum atomic E-state index is -2.34. The zero-order valence-electron chi connectivity index (χ0n) is 4.17. The van der Waals surface area contributed by atoms with Gasteiger partial charge in [0, 0.05) is 12.8 Å². The Morgan fingerprint density at radius 2 is 1.86 bits per heavy atom. The van der Waals surface area contributed by atoms with Gasteiger partial charge >= 0.3 is 0 Å². The van der Waals surface area contributed by atoms with E-state index in [0.717, 1.165) is 5.92 Å². The molecule has 0 aromatic rings. The molecule has 2 heteroatoms. The zero-order chi connectivity index (χ0) is 5.49. The lowest BCUT2D eigenvalue weighted by Gasteiger charge is -2.31. The second kappa shape index (κ2) is 1.17. The van der Waals surface area contributed by atoms with E-state index in [1.807, 2.05) is 0 Å². The highest BCUT2D eigenvalue weighted by atomic mass is 19.3. The van der Waals surface area contributed by atoms with Crippen molar-refractivity contribution >= 4 is 0 Å². The Kier molecular flexibility index (Phi) is 0.839. The van der Waals surface area contributed by atoms with E-state index < -0.39 is 5.92 Å². The molecule has 1 rings (SSSR count). The van der Waals surface area contributed by atoms with Gasteiger partial charge in [-0.1, -0.05) is 6.92 Å². The highest BCUT2D eigenvalue weighted by Crippen LogP contribution is 2.43. The first-order valence-corrected chi connectivity index (χ1v) is 2.29. The van der Waals surface area contributed by atoms with Crippen molar-refractivity contribution in [1.29, 1.82) is 0 Å². The third-order valence-electron chi connectivity index (χ3n) is 1.12. The quantitative estimate of drug-likeness (QED) is 0.442. The Morgan fingerprint density at radius 1 is 1.43 bits per heavy atom. The van der Waals surface area contributed by atoms with E-state index in [9.17, 15) is 8.78 Å². The maximum atomic E-state index is 11.8. The number of rotatable bonds is 0. The van der Waals surface area contributed by atoms with E-state index in [-0.39, 0.29) is 12.8 Å². The molecule has 41 valence electrons. The van der Waals surface area contributed by atoms with Crippen molar-refractivity contribution in [1.82, 2.24) is 0 Å². The first kappa shape index (κ1) is 5.01. The summed E-state index contributed by atoms with van der Waals surface area (Å²) in [6, 6.07) is 0. The van der Waals surface area contributed by atoms with Crippen molar-refractivity contribution in [3.63, 3.8) is 0 Å². The molecule has 0 atom stereocenters. The first-order valence-electron chi connectivity index (χ1n) is 2.29. The minimum absolute atomic E-state index is 0.0208. The second-order valence-electron chi connectivity index (χ2n) is 2.17. The summed E-state index contributed by atoms with van der Waals surface area (Å²) in [7, 11) is 0. The molecule has 0 spiro atoms. The number of hydrogen-bond donors (Lipinski definition) is 0. The van der Waals surface area contributed by atoms with E-state index in [1.54, 1.807) is 6.92 Å². The molecule has 1 radical (unpaired) electrons. The van der Waals surface area contributed by atoms with Crippen molar-refractivity contribution in [2.24, 2.45) is 0 Å². The van der Waals surface area contributed by atoms with Crippen LogP contribution in [0.25, 0.3) is 0 Å². The molecule has 0 nitrogen and oxygen atoms in total. The van der Waals surface area contributed by atoms with Gasteiger partial charge in [-0.15, -0.1) is 0 Å². The standard InChI is InChI=1S/C5H7F2/c1-4-2-5(6,7)3-4/h2-3H2,1H3. The third-order valence-corrected chi connectivity index (χ3v) is 1.12. The van der Waals surface area contributed by atoms with E-state index in [2.05, 4.69) is 0 Å². The molecular weight excluding hydrogens is 98.1 g/mol. The summed E-state index contributed by atoms with van der Waals surface area (Å²) < 4.78 is 23.5. The van der Waals surface area contributed by atoms with Gasteiger partial charge in [-0.2, -0.15) is 0 Å². The van der Waals surface area contributed by atoms with Crippen molar-refractivity contribution in [2.45, 2.75) is 25.7 Å². The second-order valence-corrected chi connectivity index (χ2v) is 2.17. The highest BCUT2D eigenvalue weighted by Gasteiger charge is 2.42. The number of halogens is 2. The molecule has 0 aromatic heterocycles. The molecule has 0 heterocycles. The molecule has 1 aliphatic carbocycles. The van der Waals surface area contributed by atoms with Crippen molar-refractivity contribution < 1.29 is 8.78 Å². The van der Waals surface area contributed by atoms with Gasteiger partial charge in [0.1, 0.15) is 0 Å². The van der Waals surface area contributed by atoms with E-state index >= 15 is 0 Å². The lowest BCUT2D eigenvalue weighted by molar-refractivity contribution is -0.0542. The van der Waals surface area contributed by atoms with E-state index in [4.69, 9.17) is 0 Å². The summed E-state index contributed by atoms with van der Waals surface area (Å²) in [5.41, 5.74) is 0. The Bertz CT molecular complexity index is 70.1. The van der Waals surface area contributed by atoms with Crippen LogP contribution in [-0.4, -0.2) is 5.92 Å². The topological polar surface area (TPSA) is 0 Å². The molecule has 0 bridgehead atoms. The lowest BCUT2D eigenvalue weighted by atomic mass is 9.83. The van der Waals surface area contributed by atoms with Crippen LogP contribution in [0.5, 0.6) is 0 Å². The molecule has 1 saturated carbocycles. The fraction of sp³-hybridized carbons (Fsp3) is 0.800. The average Bonchev–Trinajstić information content (AvgIpc) is 1.27. The Hall–Kier alpha value is -0.140. The van der Waals surface area contributed by atoms with E-state index in [1.165, 1.54) is 0 Å². The maximum absolute atomic E-state index is 11.8. The molecule has 0 unspecified atom stereocenters.